The molecule has 0 atom stereocenters. The Bertz CT molecular complexity index is 2490. The maximum Gasteiger partial charge on any atom is 0.0462 e. The predicted octanol–water partition coefficient (Wildman–Crippen LogP) is 14.1. The summed E-state index contributed by atoms with van der Waals surface area (Å²) in [5.41, 5.74) is 13.0. The lowest BCUT2D eigenvalue weighted by Gasteiger charge is -2.26. The van der Waals surface area contributed by atoms with E-state index in [9.17, 15) is 0 Å². The monoisotopic (exact) mass is 649 g/mol. The second-order valence-corrected chi connectivity index (χ2v) is 13.0. The quantitative estimate of drug-likeness (QED) is 0.155. The molecule has 9 aromatic carbocycles. The number of fused-ring (bicyclic) bond motifs is 3. The average molecular weight is 650 g/mol. The smallest absolute Gasteiger partial charge is 0.0462 e. The molecule has 0 heterocycles. The Balaban J connectivity index is 1.11. The second-order valence-electron chi connectivity index (χ2n) is 13.0. The van der Waals surface area contributed by atoms with Crippen LogP contribution in [0.3, 0.4) is 0 Å². The molecule has 0 aromatic heterocycles. The van der Waals surface area contributed by atoms with E-state index in [-0.39, 0.29) is 0 Å². The number of hydrogen-bond donors (Lipinski definition) is 0. The van der Waals surface area contributed by atoms with E-state index in [0.29, 0.717) is 0 Å². The molecular weight excluding hydrogens is 615 g/mol. The van der Waals surface area contributed by atoms with Crippen LogP contribution in [-0.2, 0) is 0 Å². The molecule has 1 nitrogen and oxygen atoms in total. The Hall–Kier alpha value is -6.70. The predicted molar refractivity (Wildman–Crippen MR) is 218 cm³/mol. The van der Waals surface area contributed by atoms with Gasteiger partial charge in [-0.15, -0.1) is 0 Å². The maximum absolute atomic E-state index is 2.36. The standard InChI is InChI=1S/C50H35N/c1-4-12-36(13-5-1)38-20-27-44(28-21-38)51(45-29-22-39(23-30-45)37-14-6-2-7-15-37)46-31-24-40(25-32-46)42-26-33-48-47-19-11-10-18-43(47)35-49(50(48)34-42)41-16-8-3-9-17-41/h1-35H. The summed E-state index contributed by atoms with van der Waals surface area (Å²) in [5, 5.41) is 5.08. The fraction of sp³-hybridized carbons (Fsp3) is 0. The van der Waals surface area contributed by atoms with Gasteiger partial charge in [-0.25, -0.2) is 0 Å². The fourth-order valence-corrected chi connectivity index (χ4v) is 7.26. The summed E-state index contributed by atoms with van der Waals surface area (Å²) >= 11 is 0. The Morgan fingerprint density at radius 1 is 0.235 bits per heavy atom. The van der Waals surface area contributed by atoms with Crippen LogP contribution in [0.5, 0.6) is 0 Å². The molecule has 0 aliphatic carbocycles. The van der Waals surface area contributed by atoms with Crippen LogP contribution in [0.2, 0.25) is 0 Å². The van der Waals surface area contributed by atoms with E-state index in [1.165, 1.54) is 66.1 Å². The van der Waals surface area contributed by atoms with Crippen molar-refractivity contribution in [2.45, 2.75) is 0 Å². The zero-order chi connectivity index (χ0) is 34.0. The molecule has 51 heavy (non-hydrogen) atoms. The highest BCUT2D eigenvalue weighted by atomic mass is 15.1. The molecule has 0 amide bonds. The first-order chi connectivity index (χ1) is 25.3. The largest absolute Gasteiger partial charge is 0.311 e. The van der Waals surface area contributed by atoms with Crippen molar-refractivity contribution in [1.82, 2.24) is 0 Å². The first-order valence-electron chi connectivity index (χ1n) is 17.5. The minimum atomic E-state index is 1.11. The molecule has 9 rings (SSSR count). The highest BCUT2D eigenvalue weighted by molar-refractivity contribution is 6.14. The SMILES string of the molecule is c1ccc(-c2ccc(N(c3ccc(-c4ccccc4)cc3)c3ccc(-c4ccc5c(c4)c(-c4ccccc4)cc4ccccc45)cc3)cc2)cc1. The minimum Gasteiger partial charge on any atom is -0.311 e. The Labute approximate surface area is 299 Å². The van der Waals surface area contributed by atoms with E-state index in [1.807, 2.05) is 0 Å². The summed E-state index contributed by atoms with van der Waals surface area (Å²) in [7, 11) is 0. The molecule has 1 heteroatoms. The molecule has 0 bridgehead atoms. The third-order valence-corrected chi connectivity index (χ3v) is 9.87. The van der Waals surface area contributed by atoms with Gasteiger partial charge in [-0.2, -0.15) is 0 Å². The molecule has 0 saturated carbocycles. The lowest BCUT2D eigenvalue weighted by Crippen LogP contribution is -2.09. The van der Waals surface area contributed by atoms with Crippen molar-refractivity contribution in [2.24, 2.45) is 0 Å². The van der Waals surface area contributed by atoms with Crippen molar-refractivity contribution in [3.05, 3.63) is 212 Å². The average Bonchev–Trinajstić information content (AvgIpc) is 3.22. The molecule has 0 spiro atoms. The van der Waals surface area contributed by atoms with Gasteiger partial charge in [0.05, 0.1) is 0 Å². The summed E-state index contributed by atoms with van der Waals surface area (Å²) in [5.74, 6) is 0. The molecule has 0 aliphatic rings. The van der Waals surface area contributed by atoms with E-state index in [1.54, 1.807) is 0 Å². The van der Waals surface area contributed by atoms with E-state index < -0.39 is 0 Å². The van der Waals surface area contributed by atoms with Crippen LogP contribution < -0.4 is 4.90 Å². The molecule has 0 aliphatic heterocycles. The lowest BCUT2D eigenvalue weighted by molar-refractivity contribution is 1.28. The fourth-order valence-electron chi connectivity index (χ4n) is 7.26. The van der Waals surface area contributed by atoms with Gasteiger partial charge >= 0.3 is 0 Å². The van der Waals surface area contributed by atoms with Crippen molar-refractivity contribution in [3.8, 4) is 44.5 Å². The Morgan fingerprint density at radius 2 is 0.627 bits per heavy atom. The lowest BCUT2D eigenvalue weighted by atomic mass is 9.91. The summed E-state index contributed by atoms with van der Waals surface area (Å²) in [4.78, 5) is 2.34. The van der Waals surface area contributed by atoms with Crippen molar-refractivity contribution in [3.63, 3.8) is 0 Å². The molecule has 0 fully saturated rings. The third-order valence-electron chi connectivity index (χ3n) is 9.87. The van der Waals surface area contributed by atoms with Gasteiger partial charge in [0.15, 0.2) is 0 Å². The highest BCUT2D eigenvalue weighted by Crippen LogP contribution is 2.40. The van der Waals surface area contributed by atoms with E-state index in [4.69, 9.17) is 0 Å². The van der Waals surface area contributed by atoms with Gasteiger partial charge in [0.25, 0.3) is 0 Å². The highest BCUT2D eigenvalue weighted by Gasteiger charge is 2.15. The zero-order valence-electron chi connectivity index (χ0n) is 28.2. The van der Waals surface area contributed by atoms with Crippen molar-refractivity contribution < 1.29 is 0 Å². The number of rotatable bonds is 7. The molecule has 240 valence electrons. The molecule has 0 N–H and O–H groups in total. The van der Waals surface area contributed by atoms with Crippen LogP contribution in [0.15, 0.2) is 212 Å². The normalized spacial score (nSPS) is 11.1. The van der Waals surface area contributed by atoms with Gasteiger partial charge in [-0.1, -0.05) is 164 Å². The number of nitrogens with zero attached hydrogens (tertiary/aromatic N) is 1. The summed E-state index contributed by atoms with van der Waals surface area (Å²) < 4.78 is 0. The Morgan fingerprint density at radius 3 is 1.14 bits per heavy atom. The van der Waals surface area contributed by atoms with E-state index >= 15 is 0 Å². The van der Waals surface area contributed by atoms with E-state index in [0.717, 1.165) is 17.1 Å². The van der Waals surface area contributed by atoms with Gasteiger partial charge in [0.2, 0.25) is 0 Å². The molecular formula is C50H35N. The van der Waals surface area contributed by atoms with Gasteiger partial charge in [-0.3, -0.25) is 0 Å². The molecule has 9 aromatic rings. The second kappa shape index (κ2) is 13.3. The van der Waals surface area contributed by atoms with Crippen molar-refractivity contribution in [1.29, 1.82) is 0 Å². The van der Waals surface area contributed by atoms with Crippen LogP contribution in [-0.4, -0.2) is 0 Å². The topological polar surface area (TPSA) is 3.24 Å². The summed E-state index contributed by atoms with van der Waals surface area (Å²) in [6, 6.07) is 76.5. The van der Waals surface area contributed by atoms with Gasteiger partial charge in [-0.05, 0) is 115 Å². The van der Waals surface area contributed by atoms with Gasteiger partial charge in [0.1, 0.15) is 0 Å². The van der Waals surface area contributed by atoms with Crippen molar-refractivity contribution in [2.75, 3.05) is 4.90 Å². The van der Waals surface area contributed by atoms with Crippen molar-refractivity contribution >= 4 is 38.6 Å². The first-order valence-corrected chi connectivity index (χ1v) is 17.5. The van der Waals surface area contributed by atoms with Crippen LogP contribution in [0, 0.1) is 0 Å². The first kappa shape index (κ1) is 30.4. The minimum absolute atomic E-state index is 1.11. The van der Waals surface area contributed by atoms with Crippen LogP contribution in [0.1, 0.15) is 0 Å². The Kier molecular flexibility index (Phi) is 7.92. The zero-order valence-corrected chi connectivity index (χ0v) is 28.2. The van der Waals surface area contributed by atoms with Crippen LogP contribution in [0.4, 0.5) is 17.1 Å². The molecule has 0 unspecified atom stereocenters. The summed E-state index contributed by atoms with van der Waals surface area (Å²) in [6.07, 6.45) is 0. The van der Waals surface area contributed by atoms with Crippen LogP contribution >= 0.6 is 0 Å². The van der Waals surface area contributed by atoms with Crippen LogP contribution in [0.25, 0.3) is 66.1 Å². The molecule has 0 radical (unpaired) electrons. The maximum atomic E-state index is 2.36. The number of anilines is 3. The van der Waals surface area contributed by atoms with Gasteiger partial charge in [0, 0.05) is 17.1 Å². The summed E-state index contributed by atoms with van der Waals surface area (Å²) in [6.45, 7) is 0. The van der Waals surface area contributed by atoms with E-state index in [2.05, 4.69) is 217 Å². The van der Waals surface area contributed by atoms with Gasteiger partial charge < -0.3 is 4.90 Å². The third kappa shape index (κ3) is 5.96. The number of hydrogen-bond acceptors (Lipinski definition) is 1. The molecule has 0 saturated heterocycles. The number of benzene rings is 9.